The first kappa shape index (κ1) is 25.4. The molecule has 196 valence electrons. The number of carboxylic acid groups (broad SMARTS) is 1. The number of hydrogen-bond donors (Lipinski definition) is 1. The van der Waals surface area contributed by atoms with E-state index in [0.717, 1.165) is 34.7 Å². The lowest BCUT2D eigenvalue weighted by molar-refractivity contribution is -0.154. The van der Waals surface area contributed by atoms with Crippen LogP contribution in [0, 0.1) is 17.0 Å². The zero-order valence-corrected chi connectivity index (χ0v) is 20.6. The second kappa shape index (κ2) is 10.2. The van der Waals surface area contributed by atoms with E-state index in [0.29, 0.717) is 6.54 Å². The highest BCUT2D eigenvalue weighted by Crippen LogP contribution is 2.40. The monoisotopic (exact) mass is 519 g/mol. The molecule has 1 N–H and O–H groups in total. The normalized spacial score (nSPS) is 16.2. The van der Waals surface area contributed by atoms with Crippen molar-refractivity contribution < 1.29 is 28.3 Å². The van der Waals surface area contributed by atoms with Gasteiger partial charge in [-0.3, -0.25) is 19.4 Å². The molecule has 0 atom stereocenters. The number of nitrogens with zero attached hydrogens (tertiary/aromatic N) is 3. The van der Waals surface area contributed by atoms with Gasteiger partial charge in [0.1, 0.15) is 11.6 Å². The third-order valence-corrected chi connectivity index (χ3v) is 7.49. The van der Waals surface area contributed by atoms with Crippen molar-refractivity contribution in [2.24, 2.45) is 5.41 Å². The number of piperidine rings is 1. The minimum absolute atomic E-state index is 0.0394. The number of benzene rings is 3. The average molecular weight is 520 g/mol. The van der Waals surface area contributed by atoms with Crippen molar-refractivity contribution in [3.05, 3.63) is 90.0 Å². The van der Waals surface area contributed by atoms with Crippen LogP contribution in [0.1, 0.15) is 24.8 Å². The standard InChI is InChI=1S/C29H27F2N3O4/c30-21-8-2-5-11-24(21)34(25-12-6-3-9-22(25)31)26(35)19-29(27(36)37)14-17-32(18-15-29)28(38)33-16-13-20-7-1-4-10-23(20)33/h1-12H,13-19H2,(H,36,37). The fourth-order valence-electron chi connectivity index (χ4n) is 5.33. The van der Waals surface area contributed by atoms with E-state index in [2.05, 4.69) is 0 Å². The van der Waals surface area contributed by atoms with Gasteiger partial charge < -0.3 is 10.0 Å². The SMILES string of the molecule is O=C(N1CCC(CC(=O)N(c2ccccc2F)c2ccccc2F)(C(=O)O)CC1)N1CCc2ccccc21. The molecule has 5 rings (SSSR count). The molecule has 2 heterocycles. The van der Waals surface area contributed by atoms with Gasteiger partial charge in [-0.1, -0.05) is 42.5 Å². The molecule has 9 heteroatoms. The summed E-state index contributed by atoms with van der Waals surface area (Å²) >= 11 is 0. The number of fused-ring (bicyclic) bond motifs is 1. The second-order valence-corrected chi connectivity index (χ2v) is 9.69. The van der Waals surface area contributed by atoms with Gasteiger partial charge in [0.25, 0.3) is 0 Å². The number of halogens is 2. The quantitative estimate of drug-likeness (QED) is 0.492. The van der Waals surface area contributed by atoms with Crippen LogP contribution in [-0.2, 0) is 16.0 Å². The molecule has 0 bridgehead atoms. The van der Waals surface area contributed by atoms with Gasteiger partial charge in [0.2, 0.25) is 5.91 Å². The third kappa shape index (κ3) is 4.60. The third-order valence-electron chi connectivity index (χ3n) is 7.49. The maximum absolute atomic E-state index is 14.8. The Hall–Kier alpha value is -4.27. The van der Waals surface area contributed by atoms with E-state index >= 15 is 0 Å². The Kier molecular flexibility index (Phi) is 6.84. The van der Waals surface area contributed by atoms with Crippen LogP contribution in [0.15, 0.2) is 72.8 Å². The van der Waals surface area contributed by atoms with E-state index in [-0.39, 0.29) is 43.3 Å². The van der Waals surface area contributed by atoms with Gasteiger partial charge >= 0.3 is 12.0 Å². The van der Waals surface area contributed by atoms with E-state index < -0.39 is 35.3 Å². The number of aliphatic carboxylic acids is 1. The molecule has 7 nitrogen and oxygen atoms in total. The second-order valence-electron chi connectivity index (χ2n) is 9.69. The predicted molar refractivity (Wildman–Crippen MR) is 138 cm³/mol. The zero-order chi connectivity index (χ0) is 26.9. The Bertz CT molecular complexity index is 1340. The van der Waals surface area contributed by atoms with Crippen LogP contribution in [0.2, 0.25) is 0 Å². The lowest BCUT2D eigenvalue weighted by Crippen LogP contribution is -2.51. The Morgan fingerprint density at radius 1 is 0.816 bits per heavy atom. The molecule has 2 aliphatic rings. The number of anilines is 3. The van der Waals surface area contributed by atoms with Gasteiger partial charge in [0.05, 0.1) is 16.8 Å². The van der Waals surface area contributed by atoms with E-state index in [9.17, 15) is 28.3 Å². The summed E-state index contributed by atoms with van der Waals surface area (Å²) in [5.41, 5.74) is 0.135. The van der Waals surface area contributed by atoms with Gasteiger partial charge in [0.15, 0.2) is 0 Å². The largest absolute Gasteiger partial charge is 0.481 e. The number of carbonyl (C=O) groups is 3. The molecule has 0 unspecified atom stereocenters. The number of rotatable bonds is 5. The van der Waals surface area contributed by atoms with Gasteiger partial charge in [-0.2, -0.15) is 0 Å². The minimum Gasteiger partial charge on any atom is -0.481 e. The van der Waals surface area contributed by atoms with Crippen LogP contribution in [0.3, 0.4) is 0 Å². The van der Waals surface area contributed by atoms with Gasteiger partial charge in [0, 0.05) is 31.7 Å². The number of urea groups is 1. The number of carbonyl (C=O) groups excluding carboxylic acids is 2. The highest BCUT2D eigenvalue weighted by molar-refractivity contribution is 6.02. The Balaban J connectivity index is 1.37. The van der Waals surface area contributed by atoms with Crippen LogP contribution < -0.4 is 9.80 Å². The number of hydrogen-bond acceptors (Lipinski definition) is 3. The maximum Gasteiger partial charge on any atom is 0.324 e. The molecule has 2 aliphatic heterocycles. The first-order chi connectivity index (χ1) is 18.3. The Morgan fingerprint density at radius 2 is 1.37 bits per heavy atom. The number of carboxylic acids is 1. The summed E-state index contributed by atoms with van der Waals surface area (Å²) < 4.78 is 29.5. The van der Waals surface area contributed by atoms with Gasteiger partial charge in [-0.25, -0.2) is 13.6 Å². The van der Waals surface area contributed by atoms with Crippen LogP contribution >= 0.6 is 0 Å². The molecule has 0 aromatic heterocycles. The fourth-order valence-corrected chi connectivity index (χ4v) is 5.33. The lowest BCUT2D eigenvalue weighted by Gasteiger charge is -2.40. The molecular weight excluding hydrogens is 492 g/mol. The van der Waals surface area contributed by atoms with Crippen molar-refractivity contribution in [1.82, 2.24) is 4.90 Å². The molecule has 1 fully saturated rings. The van der Waals surface area contributed by atoms with E-state index in [1.165, 1.54) is 36.4 Å². The summed E-state index contributed by atoms with van der Waals surface area (Å²) in [6.07, 6.45) is 0.361. The summed E-state index contributed by atoms with van der Waals surface area (Å²) in [5, 5.41) is 10.2. The lowest BCUT2D eigenvalue weighted by atomic mass is 9.75. The molecule has 3 aromatic rings. The Morgan fingerprint density at radius 3 is 1.95 bits per heavy atom. The zero-order valence-electron chi connectivity index (χ0n) is 20.6. The van der Waals surface area contributed by atoms with Crippen LogP contribution in [0.25, 0.3) is 0 Å². The first-order valence-electron chi connectivity index (χ1n) is 12.5. The molecule has 0 radical (unpaired) electrons. The van der Waals surface area contributed by atoms with Crippen molar-refractivity contribution >= 4 is 35.0 Å². The van der Waals surface area contributed by atoms with Gasteiger partial charge in [-0.05, 0) is 55.2 Å². The Labute approximate surface area is 218 Å². The number of likely N-dealkylation sites (tertiary alicyclic amines) is 1. The number of para-hydroxylation sites is 3. The first-order valence-corrected chi connectivity index (χ1v) is 12.5. The molecule has 3 amide bonds. The highest BCUT2D eigenvalue weighted by atomic mass is 19.1. The van der Waals surface area contributed by atoms with Crippen LogP contribution in [-0.4, -0.2) is 47.5 Å². The summed E-state index contributed by atoms with van der Waals surface area (Å²) in [6, 6.07) is 18.4. The summed E-state index contributed by atoms with van der Waals surface area (Å²) in [4.78, 5) is 43.6. The van der Waals surface area contributed by atoms with E-state index in [4.69, 9.17) is 0 Å². The molecule has 0 spiro atoms. The minimum atomic E-state index is -1.48. The van der Waals surface area contributed by atoms with Gasteiger partial charge in [-0.15, -0.1) is 0 Å². The van der Waals surface area contributed by atoms with E-state index in [1.54, 1.807) is 9.80 Å². The van der Waals surface area contributed by atoms with E-state index in [1.807, 2.05) is 24.3 Å². The molecule has 0 saturated carbocycles. The van der Waals surface area contributed by atoms with Crippen molar-refractivity contribution in [2.75, 3.05) is 29.4 Å². The smallest absolute Gasteiger partial charge is 0.324 e. The highest BCUT2D eigenvalue weighted by Gasteiger charge is 2.46. The molecule has 38 heavy (non-hydrogen) atoms. The summed E-state index contributed by atoms with van der Waals surface area (Å²) in [5.74, 6) is -3.39. The fraction of sp³-hybridized carbons (Fsp3) is 0.276. The molecule has 1 saturated heterocycles. The van der Waals surface area contributed by atoms with Crippen molar-refractivity contribution in [2.45, 2.75) is 25.7 Å². The molecule has 0 aliphatic carbocycles. The van der Waals surface area contributed by atoms with Crippen molar-refractivity contribution in [3.63, 3.8) is 0 Å². The molecule has 3 aromatic carbocycles. The topological polar surface area (TPSA) is 81.2 Å². The number of amides is 3. The van der Waals surface area contributed by atoms with Crippen molar-refractivity contribution in [1.29, 1.82) is 0 Å². The molecular formula is C29H27F2N3O4. The van der Waals surface area contributed by atoms with Crippen LogP contribution in [0.4, 0.5) is 30.6 Å². The summed E-state index contributed by atoms with van der Waals surface area (Å²) in [7, 11) is 0. The van der Waals surface area contributed by atoms with Crippen LogP contribution in [0.5, 0.6) is 0 Å². The van der Waals surface area contributed by atoms with Crippen molar-refractivity contribution in [3.8, 4) is 0 Å². The summed E-state index contributed by atoms with van der Waals surface area (Å²) in [6.45, 7) is 0.852. The maximum atomic E-state index is 14.8. The predicted octanol–water partition coefficient (Wildman–Crippen LogP) is 5.37. The average Bonchev–Trinajstić information content (AvgIpc) is 3.35.